The molecule has 0 spiro atoms. The van der Waals surface area contributed by atoms with Gasteiger partial charge in [0.25, 0.3) is 11.5 Å². The number of ether oxygens (including phenoxy) is 1. The Balaban J connectivity index is 1.42. The van der Waals surface area contributed by atoms with Crippen molar-refractivity contribution in [3.05, 3.63) is 63.8 Å². The van der Waals surface area contributed by atoms with Crippen LogP contribution in [0.5, 0.6) is 5.75 Å². The minimum Gasteiger partial charge on any atom is -0.493 e. The van der Waals surface area contributed by atoms with Gasteiger partial charge in [0.05, 0.1) is 17.9 Å². The second kappa shape index (κ2) is 8.67. The van der Waals surface area contributed by atoms with E-state index in [1.54, 1.807) is 31.2 Å². The van der Waals surface area contributed by atoms with Crippen LogP contribution < -0.4 is 15.6 Å². The molecule has 0 aliphatic rings. The molecule has 1 aromatic carbocycles. The summed E-state index contributed by atoms with van der Waals surface area (Å²) in [6.07, 6.45) is 0. The zero-order valence-corrected chi connectivity index (χ0v) is 17.7. The van der Waals surface area contributed by atoms with Gasteiger partial charge in [0, 0.05) is 17.9 Å². The van der Waals surface area contributed by atoms with Crippen LogP contribution >= 0.6 is 23.1 Å². The van der Waals surface area contributed by atoms with Crippen LogP contribution in [-0.4, -0.2) is 32.3 Å². The summed E-state index contributed by atoms with van der Waals surface area (Å²) in [5.41, 5.74) is 1.23. The molecule has 0 aliphatic carbocycles. The molecule has 3 heterocycles. The summed E-state index contributed by atoms with van der Waals surface area (Å²) in [4.78, 5) is 29.1. The monoisotopic (exact) mass is 443 g/mol. The average molecular weight is 444 g/mol. The van der Waals surface area contributed by atoms with Crippen molar-refractivity contribution >= 4 is 39.8 Å². The Morgan fingerprint density at radius 2 is 2.13 bits per heavy atom. The van der Waals surface area contributed by atoms with Gasteiger partial charge >= 0.3 is 0 Å². The number of nitrogens with zero attached hydrogens (tertiary/aromatic N) is 4. The van der Waals surface area contributed by atoms with Crippen LogP contribution in [0.25, 0.3) is 5.65 Å². The Hall–Kier alpha value is -3.18. The quantitative estimate of drug-likeness (QED) is 0.342. The SMILES string of the molecule is CCOc1ccccc1C(=O)Nc1nnc(SCc2cc(=O)n3oc(C)cc3n2)s1. The van der Waals surface area contributed by atoms with Crippen molar-refractivity contribution in [3.8, 4) is 5.75 Å². The molecule has 0 aliphatic heterocycles. The van der Waals surface area contributed by atoms with Crippen molar-refractivity contribution in [2.45, 2.75) is 23.9 Å². The number of para-hydroxylation sites is 1. The van der Waals surface area contributed by atoms with E-state index in [2.05, 4.69) is 20.5 Å². The fourth-order valence-electron chi connectivity index (χ4n) is 2.70. The van der Waals surface area contributed by atoms with E-state index in [1.807, 2.05) is 13.0 Å². The lowest BCUT2D eigenvalue weighted by Crippen LogP contribution is -2.13. The molecule has 0 radical (unpaired) electrons. The minimum atomic E-state index is -0.317. The summed E-state index contributed by atoms with van der Waals surface area (Å²) >= 11 is 2.62. The first-order valence-electron chi connectivity index (χ1n) is 9.02. The van der Waals surface area contributed by atoms with Crippen LogP contribution in [0, 0.1) is 6.92 Å². The molecule has 30 heavy (non-hydrogen) atoms. The third kappa shape index (κ3) is 4.36. The predicted octanol–water partition coefficient (Wildman–Crippen LogP) is 3.39. The highest BCUT2D eigenvalue weighted by Gasteiger charge is 2.15. The van der Waals surface area contributed by atoms with Crippen LogP contribution in [0.4, 0.5) is 5.13 Å². The molecule has 0 saturated carbocycles. The molecule has 0 atom stereocenters. The third-order valence-corrected chi connectivity index (χ3v) is 5.93. The van der Waals surface area contributed by atoms with Crippen LogP contribution in [0.1, 0.15) is 28.7 Å². The molecule has 11 heteroatoms. The Bertz CT molecular complexity index is 1260. The van der Waals surface area contributed by atoms with E-state index >= 15 is 0 Å². The maximum absolute atomic E-state index is 12.5. The van der Waals surface area contributed by atoms with E-state index in [-0.39, 0.29) is 11.5 Å². The molecule has 3 aromatic heterocycles. The molecule has 0 unspecified atom stereocenters. The first-order valence-corrected chi connectivity index (χ1v) is 10.8. The summed E-state index contributed by atoms with van der Waals surface area (Å²) in [6, 6.07) is 10.1. The van der Waals surface area contributed by atoms with E-state index in [0.29, 0.717) is 50.2 Å². The topological polar surface area (TPSA) is 112 Å². The Labute approximate surface area is 179 Å². The van der Waals surface area contributed by atoms with Gasteiger partial charge in [-0.15, -0.1) is 14.8 Å². The number of benzene rings is 1. The van der Waals surface area contributed by atoms with E-state index in [4.69, 9.17) is 9.26 Å². The number of hydrogen-bond acceptors (Lipinski definition) is 9. The summed E-state index contributed by atoms with van der Waals surface area (Å²) in [6.45, 7) is 4.08. The van der Waals surface area contributed by atoms with Gasteiger partial charge in [-0.1, -0.05) is 35.2 Å². The van der Waals surface area contributed by atoms with Crippen molar-refractivity contribution in [1.82, 2.24) is 19.8 Å². The second-order valence-electron chi connectivity index (χ2n) is 6.13. The Kier molecular flexibility index (Phi) is 5.81. The fraction of sp³-hybridized carbons (Fsp3) is 0.211. The number of aromatic nitrogens is 4. The van der Waals surface area contributed by atoms with Gasteiger partial charge in [0.1, 0.15) is 11.5 Å². The maximum atomic E-state index is 12.5. The summed E-state index contributed by atoms with van der Waals surface area (Å²) in [5.74, 6) is 1.24. The van der Waals surface area contributed by atoms with Gasteiger partial charge < -0.3 is 9.26 Å². The second-order valence-corrected chi connectivity index (χ2v) is 8.33. The molecule has 4 rings (SSSR count). The molecule has 154 valence electrons. The highest BCUT2D eigenvalue weighted by Crippen LogP contribution is 2.28. The summed E-state index contributed by atoms with van der Waals surface area (Å²) in [5, 5.41) is 11.2. The Morgan fingerprint density at radius 1 is 1.30 bits per heavy atom. The standard InChI is InChI=1S/C19H17N5O4S2/c1-3-27-14-7-5-4-6-13(14)17(26)21-18-22-23-19(30-18)29-10-12-9-16(25)24-15(20-12)8-11(2)28-24/h4-9H,3,10H2,1-2H3,(H,21,22,26). The minimum absolute atomic E-state index is 0.276. The molecule has 1 amide bonds. The van der Waals surface area contributed by atoms with Crippen LogP contribution in [-0.2, 0) is 5.75 Å². The molecule has 0 saturated heterocycles. The smallest absolute Gasteiger partial charge is 0.287 e. The van der Waals surface area contributed by atoms with Crippen molar-refractivity contribution < 1.29 is 14.1 Å². The van der Waals surface area contributed by atoms with Crippen molar-refractivity contribution in [1.29, 1.82) is 0 Å². The number of fused-ring (bicyclic) bond motifs is 1. The van der Waals surface area contributed by atoms with Gasteiger partial charge in [0.2, 0.25) is 5.13 Å². The summed E-state index contributed by atoms with van der Waals surface area (Å²) < 4.78 is 12.6. The molecule has 4 aromatic rings. The van der Waals surface area contributed by atoms with E-state index < -0.39 is 0 Å². The number of carbonyl (C=O) groups excluding carboxylic acids is 1. The lowest BCUT2D eigenvalue weighted by molar-refractivity contribution is 0.102. The van der Waals surface area contributed by atoms with Crippen LogP contribution in [0.15, 0.2) is 50.1 Å². The number of thioether (sulfide) groups is 1. The first kappa shape index (κ1) is 20.1. The normalized spacial score (nSPS) is 11.0. The lowest BCUT2D eigenvalue weighted by Gasteiger charge is -2.08. The van der Waals surface area contributed by atoms with E-state index in [0.717, 1.165) is 4.57 Å². The number of nitrogens with one attached hydrogen (secondary N) is 1. The molecule has 1 N–H and O–H groups in total. The number of carbonyl (C=O) groups is 1. The zero-order chi connectivity index (χ0) is 21.1. The summed E-state index contributed by atoms with van der Waals surface area (Å²) in [7, 11) is 0. The van der Waals surface area contributed by atoms with Crippen molar-refractivity contribution in [2.75, 3.05) is 11.9 Å². The van der Waals surface area contributed by atoms with Gasteiger partial charge in [-0.2, -0.15) is 0 Å². The average Bonchev–Trinajstić information content (AvgIpc) is 3.33. The largest absolute Gasteiger partial charge is 0.493 e. The number of amides is 1. The molecule has 0 fully saturated rings. The van der Waals surface area contributed by atoms with Crippen molar-refractivity contribution in [2.24, 2.45) is 0 Å². The molecule has 0 bridgehead atoms. The Morgan fingerprint density at radius 3 is 2.97 bits per heavy atom. The zero-order valence-electron chi connectivity index (χ0n) is 16.1. The van der Waals surface area contributed by atoms with E-state index in [1.165, 1.54) is 29.2 Å². The number of aryl methyl sites for hydroxylation is 1. The fourth-order valence-corrected chi connectivity index (χ4v) is 4.34. The van der Waals surface area contributed by atoms with Gasteiger partial charge in [0.15, 0.2) is 9.99 Å². The molecule has 9 nitrogen and oxygen atoms in total. The number of anilines is 1. The molecular formula is C19H17N5O4S2. The van der Waals surface area contributed by atoms with E-state index in [9.17, 15) is 9.59 Å². The highest BCUT2D eigenvalue weighted by atomic mass is 32.2. The van der Waals surface area contributed by atoms with Gasteiger partial charge in [-0.3, -0.25) is 14.9 Å². The third-order valence-electron chi connectivity index (χ3n) is 3.93. The van der Waals surface area contributed by atoms with Crippen LogP contribution in [0.2, 0.25) is 0 Å². The van der Waals surface area contributed by atoms with Crippen molar-refractivity contribution in [3.63, 3.8) is 0 Å². The first-order chi connectivity index (χ1) is 14.5. The van der Waals surface area contributed by atoms with Gasteiger partial charge in [-0.25, -0.2) is 4.98 Å². The maximum Gasteiger partial charge on any atom is 0.287 e. The predicted molar refractivity (Wildman–Crippen MR) is 113 cm³/mol. The number of rotatable bonds is 7. The molecular weight excluding hydrogens is 426 g/mol. The lowest BCUT2D eigenvalue weighted by atomic mass is 10.2. The number of hydrogen-bond donors (Lipinski definition) is 1. The van der Waals surface area contributed by atoms with Crippen LogP contribution in [0.3, 0.4) is 0 Å². The van der Waals surface area contributed by atoms with Gasteiger partial charge in [-0.05, 0) is 26.0 Å². The highest BCUT2D eigenvalue weighted by molar-refractivity contribution is 8.00.